The van der Waals surface area contributed by atoms with Crippen molar-refractivity contribution in [2.75, 3.05) is 16.4 Å². The van der Waals surface area contributed by atoms with E-state index in [1.54, 1.807) is 14.5 Å². The summed E-state index contributed by atoms with van der Waals surface area (Å²) in [7, 11) is 0. The van der Waals surface area contributed by atoms with Crippen LogP contribution < -0.4 is 9.80 Å². The lowest BCUT2D eigenvalue weighted by atomic mass is 9.83. The molecule has 7 rings (SSSR count). The Labute approximate surface area is 285 Å². The Morgan fingerprint density at radius 2 is 1.65 bits per heavy atom. The highest BCUT2D eigenvalue weighted by Gasteiger charge is 2.52. The van der Waals surface area contributed by atoms with Gasteiger partial charge in [0.05, 0.1) is 36.1 Å². The van der Waals surface area contributed by atoms with E-state index in [0.29, 0.717) is 36.3 Å². The third-order valence-electron chi connectivity index (χ3n) is 9.68. The topological polar surface area (TPSA) is 112 Å². The van der Waals surface area contributed by atoms with E-state index >= 15 is 0 Å². The Kier molecular flexibility index (Phi) is 8.95. The van der Waals surface area contributed by atoms with Gasteiger partial charge in [-0.1, -0.05) is 103 Å². The fourth-order valence-electron chi connectivity index (χ4n) is 7.03. The first-order valence-corrected chi connectivity index (χ1v) is 16.7. The van der Waals surface area contributed by atoms with Crippen molar-refractivity contribution in [2.24, 2.45) is 5.92 Å². The summed E-state index contributed by atoms with van der Waals surface area (Å²) in [5, 5.41) is 30.6. The van der Waals surface area contributed by atoms with Crippen molar-refractivity contribution in [2.45, 2.75) is 50.8 Å². The second kappa shape index (κ2) is 13.6. The van der Waals surface area contributed by atoms with E-state index in [4.69, 9.17) is 0 Å². The molecule has 2 amide bonds. The number of carbonyl (C=O) groups is 2. The van der Waals surface area contributed by atoms with Crippen LogP contribution in [0.1, 0.15) is 53.6 Å². The minimum absolute atomic E-state index is 0.0410. The third kappa shape index (κ3) is 6.07. The number of hydrogen-bond donors (Lipinski definition) is 2. The van der Waals surface area contributed by atoms with Crippen LogP contribution in [0.2, 0.25) is 0 Å². The molecule has 248 valence electrons. The van der Waals surface area contributed by atoms with Crippen LogP contribution in [-0.4, -0.2) is 43.6 Å². The van der Waals surface area contributed by atoms with Gasteiger partial charge in [-0.3, -0.25) is 19.2 Å². The number of rotatable bonds is 11. The van der Waals surface area contributed by atoms with E-state index < -0.39 is 11.5 Å². The average molecular weight is 654 g/mol. The van der Waals surface area contributed by atoms with Gasteiger partial charge >= 0.3 is 0 Å². The molecule has 0 bridgehead atoms. The number of aromatic nitrogens is 3. The number of allylic oxidation sites excluding steroid dienone is 1. The Morgan fingerprint density at radius 1 is 0.898 bits per heavy atom. The van der Waals surface area contributed by atoms with Crippen molar-refractivity contribution in [1.82, 2.24) is 15.0 Å². The lowest BCUT2D eigenvalue weighted by molar-refractivity contribution is -0.139. The monoisotopic (exact) mass is 653 g/mol. The largest absolute Gasteiger partial charge is 0.395 e. The summed E-state index contributed by atoms with van der Waals surface area (Å²) in [4.78, 5) is 30.6. The molecule has 5 aromatic rings. The molecule has 49 heavy (non-hydrogen) atoms. The minimum atomic E-state index is -1.74. The van der Waals surface area contributed by atoms with Gasteiger partial charge in [-0.25, -0.2) is 0 Å². The zero-order chi connectivity index (χ0) is 34.0. The van der Waals surface area contributed by atoms with Crippen LogP contribution in [0.3, 0.4) is 0 Å². The highest BCUT2D eigenvalue weighted by atomic mass is 16.3. The molecule has 0 aliphatic carbocycles. The predicted octanol–water partition coefficient (Wildman–Crippen LogP) is 6.03. The number of aliphatic hydroxyl groups excluding tert-OH is 1. The quantitative estimate of drug-likeness (QED) is 0.169. The standard InChI is InChI=1S/C40H39N5O4/c1-28(12-9-10-23-43-26-35(41-42-43)33(27-46)30-14-3-2-4-15-30)40(49)34-18-6-8-20-37(34)44(39(40)48)25-29-13-11-17-32(24-29)45-36-19-7-5-16-31(36)21-22-38(45)47/h2-9,11-20,24,26,28,33,46,49H,10,21-23,25,27H2,1H3/b12-9+/t28-,33?,40+/m0/s1. The lowest BCUT2D eigenvalue weighted by Crippen LogP contribution is -2.44. The number of aliphatic hydroxyl groups is 2. The SMILES string of the molecule is C[C@@H](/C=C/CCn1cc(C(CO)c2ccccc2)nn1)[C@]1(O)C(=O)N(Cc2cccc(N3C(=O)CCc4ccccc43)c2)c2ccccc21. The molecule has 2 N–H and O–H groups in total. The molecule has 0 spiro atoms. The highest BCUT2D eigenvalue weighted by molar-refractivity contribution is 6.07. The van der Waals surface area contributed by atoms with Crippen LogP contribution in [0.5, 0.6) is 0 Å². The van der Waals surface area contributed by atoms with E-state index in [9.17, 15) is 19.8 Å². The maximum absolute atomic E-state index is 14.1. The third-order valence-corrected chi connectivity index (χ3v) is 9.68. The average Bonchev–Trinajstić information content (AvgIpc) is 3.68. The second-order valence-corrected chi connectivity index (χ2v) is 12.8. The van der Waals surface area contributed by atoms with Crippen LogP contribution in [0, 0.1) is 5.92 Å². The van der Waals surface area contributed by atoms with Crippen molar-refractivity contribution in [3.63, 3.8) is 0 Å². The van der Waals surface area contributed by atoms with Gasteiger partial charge in [0.25, 0.3) is 5.91 Å². The molecule has 2 aliphatic heterocycles. The number of carbonyl (C=O) groups excluding carboxylic acids is 2. The number of hydrogen-bond acceptors (Lipinski definition) is 6. The van der Waals surface area contributed by atoms with Gasteiger partial charge in [0.2, 0.25) is 5.91 Å². The van der Waals surface area contributed by atoms with Gasteiger partial charge in [-0.05, 0) is 53.8 Å². The van der Waals surface area contributed by atoms with Crippen molar-refractivity contribution in [1.29, 1.82) is 0 Å². The zero-order valence-electron chi connectivity index (χ0n) is 27.4. The molecule has 0 saturated heterocycles. The fraction of sp³-hybridized carbons (Fsp3) is 0.250. The second-order valence-electron chi connectivity index (χ2n) is 12.8. The predicted molar refractivity (Wildman–Crippen MR) is 188 cm³/mol. The summed E-state index contributed by atoms with van der Waals surface area (Å²) < 4.78 is 1.74. The fourth-order valence-corrected chi connectivity index (χ4v) is 7.03. The number of para-hydroxylation sites is 2. The van der Waals surface area contributed by atoms with E-state index in [1.807, 2.05) is 122 Å². The highest BCUT2D eigenvalue weighted by Crippen LogP contribution is 2.46. The van der Waals surface area contributed by atoms with Crippen molar-refractivity contribution < 1.29 is 19.8 Å². The molecule has 2 aliphatic rings. The summed E-state index contributed by atoms with van der Waals surface area (Å²) in [5.74, 6) is -1.10. The maximum atomic E-state index is 14.1. The van der Waals surface area contributed by atoms with Gasteiger partial charge in [-0.2, -0.15) is 0 Å². The minimum Gasteiger partial charge on any atom is -0.395 e. The summed E-state index contributed by atoms with van der Waals surface area (Å²) >= 11 is 0. The van der Waals surface area contributed by atoms with E-state index in [-0.39, 0.29) is 30.9 Å². The van der Waals surface area contributed by atoms with Crippen molar-refractivity contribution in [3.05, 3.63) is 149 Å². The van der Waals surface area contributed by atoms with Crippen LogP contribution in [0.15, 0.2) is 121 Å². The number of aryl methyl sites for hydroxylation is 2. The summed E-state index contributed by atoms with van der Waals surface area (Å²) in [5.41, 5.74) is 4.82. The molecule has 0 saturated carbocycles. The van der Waals surface area contributed by atoms with Crippen molar-refractivity contribution >= 4 is 28.9 Å². The van der Waals surface area contributed by atoms with Gasteiger partial charge in [0.1, 0.15) is 0 Å². The molecule has 1 aromatic heterocycles. The number of fused-ring (bicyclic) bond motifs is 2. The van der Waals surface area contributed by atoms with E-state index in [0.717, 1.165) is 34.5 Å². The Bertz CT molecular complexity index is 2010. The maximum Gasteiger partial charge on any atom is 0.264 e. The summed E-state index contributed by atoms with van der Waals surface area (Å²) in [6.07, 6.45) is 7.47. The number of benzene rings is 4. The van der Waals surface area contributed by atoms with Crippen molar-refractivity contribution in [3.8, 4) is 0 Å². The first-order chi connectivity index (χ1) is 23.9. The normalized spacial score (nSPS) is 18.5. The summed E-state index contributed by atoms with van der Waals surface area (Å²) in [6, 6.07) is 32.8. The van der Waals surface area contributed by atoms with Crippen LogP contribution >= 0.6 is 0 Å². The summed E-state index contributed by atoms with van der Waals surface area (Å²) in [6.45, 7) is 2.59. The molecular weight excluding hydrogens is 614 g/mol. The molecule has 4 aromatic carbocycles. The van der Waals surface area contributed by atoms with Gasteiger partial charge in [0, 0.05) is 36.3 Å². The van der Waals surface area contributed by atoms with Crippen LogP contribution in [0.4, 0.5) is 17.1 Å². The number of anilines is 3. The van der Waals surface area contributed by atoms with Gasteiger partial charge in [0.15, 0.2) is 5.60 Å². The number of nitrogens with zero attached hydrogens (tertiary/aromatic N) is 5. The van der Waals surface area contributed by atoms with Crippen LogP contribution in [0.25, 0.3) is 0 Å². The Hall–Kier alpha value is -5.38. The van der Waals surface area contributed by atoms with E-state index in [2.05, 4.69) is 16.4 Å². The van der Waals surface area contributed by atoms with E-state index in [1.165, 1.54) is 0 Å². The smallest absolute Gasteiger partial charge is 0.264 e. The molecule has 9 nitrogen and oxygen atoms in total. The Balaban J connectivity index is 1.06. The zero-order valence-corrected chi connectivity index (χ0v) is 27.4. The number of amides is 2. The lowest BCUT2D eigenvalue weighted by Gasteiger charge is -2.30. The Morgan fingerprint density at radius 3 is 2.47 bits per heavy atom. The van der Waals surface area contributed by atoms with Gasteiger partial charge < -0.3 is 15.1 Å². The molecule has 1 unspecified atom stereocenters. The molecule has 3 atom stereocenters. The first-order valence-electron chi connectivity index (χ1n) is 16.7. The molecular formula is C40H39N5O4. The molecule has 0 fully saturated rings. The van der Waals surface area contributed by atoms with Gasteiger partial charge in [-0.15, -0.1) is 5.10 Å². The molecule has 9 heteroatoms. The van der Waals surface area contributed by atoms with Crippen LogP contribution in [-0.2, 0) is 34.7 Å². The first kappa shape index (κ1) is 32.2. The molecule has 0 radical (unpaired) electrons. The molecule has 3 heterocycles.